The highest BCUT2D eigenvalue weighted by atomic mass is 79.9. The maximum absolute atomic E-state index is 14.9. The Hall–Kier alpha value is -5.21. The first kappa shape index (κ1) is 32.7. The Balaban J connectivity index is 1.70. The molecule has 0 spiro atoms. The van der Waals surface area contributed by atoms with Crippen molar-refractivity contribution in [2.45, 2.75) is 13.0 Å². The monoisotopic (exact) mass is 705 g/mol. The van der Waals surface area contributed by atoms with Crippen LogP contribution in [0.2, 0.25) is 0 Å². The second kappa shape index (κ2) is 14.3. The highest BCUT2D eigenvalue weighted by Crippen LogP contribution is 2.48. The maximum Gasteiger partial charge on any atom is 0.210 e. The number of nitrogens with zero attached hydrogens (tertiary/aromatic N) is 1. The summed E-state index contributed by atoms with van der Waals surface area (Å²) in [6.07, 6.45) is 0.666. The van der Waals surface area contributed by atoms with Gasteiger partial charge in [-0.25, -0.2) is 0 Å². The van der Waals surface area contributed by atoms with E-state index in [-0.39, 0.29) is 5.78 Å². The first-order valence-corrected chi connectivity index (χ1v) is 16.2. The number of rotatable bonds is 12. The van der Waals surface area contributed by atoms with Crippen LogP contribution in [0, 0.1) is 0 Å². The highest BCUT2D eigenvalue weighted by molar-refractivity contribution is 9.10. The van der Waals surface area contributed by atoms with Crippen LogP contribution < -0.4 is 23.7 Å². The molecule has 0 radical (unpaired) electrons. The van der Waals surface area contributed by atoms with Crippen LogP contribution in [0.3, 0.4) is 0 Å². The number of methoxy groups -OCH3 is 5. The minimum Gasteiger partial charge on any atom is -0.497 e. The van der Waals surface area contributed by atoms with Crippen molar-refractivity contribution >= 4 is 32.6 Å². The second-order valence-corrected chi connectivity index (χ2v) is 12.0. The molecule has 244 valence electrons. The number of ether oxygens (including phenoxy) is 5. The van der Waals surface area contributed by atoms with Gasteiger partial charge in [-0.1, -0.05) is 36.4 Å². The van der Waals surface area contributed by atoms with Crippen molar-refractivity contribution < 1.29 is 28.5 Å². The largest absolute Gasteiger partial charge is 0.497 e. The molecule has 0 unspecified atom stereocenters. The van der Waals surface area contributed by atoms with Gasteiger partial charge in [-0.2, -0.15) is 0 Å². The lowest BCUT2D eigenvalue weighted by molar-refractivity contribution is 0.103. The lowest BCUT2D eigenvalue weighted by Gasteiger charge is -2.17. The fourth-order valence-corrected chi connectivity index (χ4v) is 6.70. The number of fused-ring (bicyclic) bond motifs is 1. The van der Waals surface area contributed by atoms with Crippen molar-refractivity contribution in [1.29, 1.82) is 0 Å². The lowest BCUT2D eigenvalue weighted by atomic mass is 9.95. The van der Waals surface area contributed by atoms with Gasteiger partial charge in [0.1, 0.15) is 28.7 Å². The van der Waals surface area contributed by atoms with Crippen molar-refractivity contribution in [3.05, 3.63) is 124 Å². The number of hydrogen-bond donors (Lipinski definition) is 0. The molecule has 0 N–H and O–H groups in total. The summed E-state index contributed by atoms with van der Waals surface area (Å²) in [5.74, 6) is 3.50. The molecule has 1 aromatic heterocycles. The number of carbonyl (C=O) groups is 1. The van der Waals surface area contributed by atoms with Crippen molar-refractivity contribution in [3.63, 3.8) is 0 Å². The first-order valence-electron chi connectivity index (χ1n) is 15.4. The third kappa shape index (κ3) is 6.23. The molecule has 0 saturated carbocycles. The van der Waals surface area contributed by atoms with Gasteiger partial charge in [-0.3, -0.25) is 4.79 Å². The summed E-state index contributed by atoms with van der Waals surface area (Å²) < 4.78 is 30.8. The molecule has 0 bridgehead atoms. The Morgan fingerprint density at radius 2 is 1.06 bits per heavy atom. The molecule has 0 aliphatic rings. The first-order chi connectivity index (χ1) is 23.4. The van der Waals surface area contributed by atoms with Gasteiger partial charge in [0.05, 0.1) is 51.2 Å². The van der Waals surface area contributed by atoms with Gasteiger partial charge in [0, 0.05) is 28.6 Å². The summed E-state index contributed by atoms with van der Waals surface area (Å²) in [4.78, 5) is 14.9. The minimum atomic E-state index is -0.106. The standard InChI is InChI=1S/C40H36BrNO6/c1-44-29-14-6-25(7-15-29)22-23-42-37-33(24-34(41)40(48-5)36(37)27-10-18-31(46-3)19-11-27)35(26-8-16-30(45-2)17-9-26)38(42)39(43)28-12-20-32(47-4)21-13-28/h6-21,24H,22-23H2,1-5H3. The quantitative estimate of drug-likeness (QED) is 0.118. The third-order valence-electron chi connectivity index (χ3n) is 8.56. The van der Waals surface area contributed by atoms with Crippen LogP contribution in [-0.4, -0.2) is 45.9 Å². The highest BCUT2D eigenvalue weighted by Gasteiger charge is 2.29. The second-order valence-electron chi connectivity index (χ2n) is 11.2. The van der Waals surface area contributed by atoms with E-state index in [2.05, 4.69) is 38.7 Å². The summed E-state index contributed by atoms with van der Waals surface area (Å²) in [7, 11) is 8.22. The average Bonchev–Trinajstić information content (AvgIpc) is 3.46. The van der Waals surface area contributed by atoms with Crippen LogP contribution >= 0.6 is 15.9 Å². The van der Waals surface area contributed by atoms with E-state index in [1.807, 2.05) is 84.9 Å². The SMILES string of the molecule is COc1ccc(CCn2c(C(=O)c3ccc(OC)cc3)c(-c3ccc(OC)cc3)c3cc(Br)c(OC)c(-c4ccc(OC)cc4)c32)cc1. The van der Waals surface area contributed by atoms with Gasteiger partial charge < -0.3 is 28.3 Å². The molecule has 0 aliphatic heterocycles. The maximum atomic E-state index is 14.9. The van der Waals surface area contributed by atoms with E-state index in [1.54, 1.807) is 35.5 Å². The zero-order valence-electron chi connectivity index (χ0n) is 27.5. The molecule has 6 aromatic rings. The minimum absolute atomic E-state index is 0.106. The van der Waals surface area contributed by atoms with Crippen molar-refractivity contribution in [2.75, 3.05) is 35.5 Å². The Morgan fingerprint density at radius 3 is 1.54 bits per heavy atom. The van der Waals surface area contributed by atoms with Crippen molar-refractivity contribution in [1.82, 2.24) is 4.57 Å². The molecular weight excluding hydrogens is 670 g/mol. The molecule has 8 heteroatoms. The van der Waals surface area contributed by atoms with Crippen LogP contribution in [-0.2, 0) is 13.0 Å². The van der Waals surface area contributed by atoms with Gasteiger partial charge in [0.25, 0.3) is 0 Å². The summed E-state index contributed by atoms with van der Waals surface area (Å²) in [6.45, 7) is 0.518. The molecule has 6 rings (SSSR count). The Morgan fingerprint density at radius 1 is 0.604 bits per heavy atom. The number of ketones is 1. The molecule has 0 aliphatic carbocycles. The normalized spacial score (nSPS) is 11.0. The zero-order chi connectivity index (χ0) is 33.8. The van der Waals surface area contributed by atoms with Crippen LogP contribution in [0.15, 0.2) is 108 Å². The molecule has 0 atom stereocenters. The smallest absolute Gasteiger partial charge is 0.210 e. The van der Waals surface area contributed by atoms with E-state index in [9.17, 15) is 4.79 Å². The molecule has 1 heterocycles. The number of hydrogen-bond acceptors (Lipinski definition) is 6. The Labute approximate surface area is 288 Å². The summed E-state index contributed by atoms with van der Waals surface area (Å²) in [6, 6.07) is 33.0. The summed E-state index contributed by atoms with van der Waals surface area (Å²) >= 11 is 3.81. The van der Waals surface area contributed by atoms with Crippen LogP contribution in [0.1, 0.15) is 21.6 Å². The third-order valence-corrected chi connectivity index (χ3v) is 9.15. The molecule has 5 aromatic carbocycles. The molecule has 0 amide bonds. The molecule has 7 nitrogen and oxygen atoms in total. The van der Waals surface area contributed by atoms with E-state index >= 15 is 0 Å². The fraction of sp³-hybridized carbons (Fsp3) is 0.175. The zero-order valence-corrected chi connectivity index (χ0v) is 29.1. The lowest BCUT2D eigenvalue weighted by Crippen LogP contribution is -2.13. The van der Waals surface area contributed by atoms with Gasteiger partial charge >= 0.3 is 0 Å². The van der Waals surface area contributed by atoms with Crippen LogP contribution in [0.25, 0.3) is 33.2 Å². The summed E-state index contributed by atoms with van der Waals surface area (Å²) in [5.41, 5.74) is 6.62. The molecule has 0 saturated heterocycles. The van der Waals surface area contributed by atoms with Gasteiger partial charge in [0.15, 0.2) is 0 Å². The number of halogens is 1. The molecule has 0 fully saturated rings. The topological polar surface area (TPSA) is 68.2 Å². The average molecular weight is 707 g/mol. The fourth-order valence-electron chi connectivity index (χ4n) is 6.11. The van der Waals surface area contributed by atoms with E-state index in [0.717, 1.165) is 60.4 Å². The van der Waals surface area contributed by atoms with Crippen molar-refractivity contribution in [2.24, 2.45) is 0 Å². The number of aryl methyl sites for hydroxylation is 2. The predicted molar refractivity (Wildman–Crippen MR) is 193 cm³/mol. The van der Waals surface area contributed by atoms with Gasteiger partial charge in [0.2, 0.25) is 5.78 Å². The number of carbonyl (C=O) groups excluding carboxylic acids is 1. The summed E-state index contributed by atoms with van der Waals surface area (Å²) in [5, 5.41) is 0.908. The molecule has 48 heavy (non-hydrogen) atoms. The molecular formula is C40H36BrNO6. The van der Waals surface area contributed by atoms with Crippen molar-refractivity contribution in [3.8, 4) is 51.0 Å². The Bertz CT molecular complexity index is 2050. The van der Waals surface area contributed by atoms with Crippen LogP contribution in [0.5, 0.6) is 28.7 Å². The predicted octanol–water partition coefficient (Wildman–Crippen LogP) is 9.25. The van der Waals surface area contributed by atoms with E-state index in [1.165, 1.54) is 0 Å². The number of benzene rings is 5. The van der Waals surface area contributed by atoms with E-state index in [4.69, 9.17) is 23.7 Å². The number of aromatic nitrogens is 1. The van der Waals surface area contributed by atoms with E-state index < -0.39 is 0 Å². The van der Waals surface area contributed by atoms with E-state index in [0.29, 0.717) is 35.7 Å². The van der Waals surface area contributed by atoms with Crippen LogP contribution in [0.4, 0.5) is 0 Å². The Kier molecular flexibility index (Phi) is 9.73. The van der Waals surface area contributed by atoms with Gasteiger partial charge in [-0.15, -0.1) is 0 Å². The van der Waals surface area contributed by atoms with Gasteiger partial charge in [-0.05, 0) is 106 Å².